The molecule has 0 spiro atoms. The molecule has 4 aliphatic heterocycles. The highest BCUT2D eigenvalue weighted by Crippen LogP contribution is 2.48. The summed E-state index contributed by atoms with van der Waals surface area (Å²) >= 11 is 0. The van der Waals surface area contributed by atoms with Crippen LogP contribution >= 0.6 is 0 Å². The third-order valence-corrected chi connectivity index (χ3v) is 9.41. The Labute approximate surface area is 198 Å². The largest absolute Gasteiger partial charge is 0.494 e. The molecule has 1 saturated carbocycles. The zero-order valence-electron chi connectivity index (χ0n) is 20.9. The number of ether oxygens (including phenoxy) is 1. The lowest BCUT2D eigenvalue weighted by Crippen LogP contribution is -2.61. The van der Waals surface area contributed by atoms with Crippen LogP contribution in [-0.4, -0.2) is 66.5 Å². The van der Waals surface area contributed by atoms with Gasteiger partial charge in [-0.1, -0.05) is 12.1 Å². The fourth-order valence-electron chi connectivity index (χ4n) is 6.56. The summed E-state index contributed by atoms with van der Waals surface area (Å²) in [5, 5.41) is 0. The molecule has 33 heavy (non-hydrogen) atoms. The molecule has 6 rings (SSSR count). The number of anilines is 1. The van der Waals surface area contributed by atoms with Gasteiger partial charge >= 0.3 is 7.12 Å². The Morgan fingerprint density at radius 3 is 2.09 bits per heavy atom. The van der Waals surface area contributed by atoms with E-state index in [0.29, 0.717) is 18.1 Å². The van der Waals surface area contributed by atoms with Crippen LogP contribution in [0, 0.1) is 0 Å². The number of benzene rings is 1. The molecule has 1 aromatic rings. The maximum absolute atomic E-state index is 13.6. The highest BCUT2D eigenvalue weighted by molar-refractivity contribution is 6.62. The van der Waals surface area contributed by atoms with Gasteiger partial charge in [-0.2, -0.15) is 0 Å². The Morgan fingerprint density at radius 2 is 1.48 bits per heavy atom. The van der Waals surface area contributed by atoms with Crippen molar-refractivity contribution in [1.82, 2.24) is 4.90 Å². The van der Waals surface area contributed by atoms with Crippen molar-refractivity contribution in [2.45, 2.75) is 108 Å². The lowest BCUT2D eigenvalue weighted by atomic mass is 9.76. The zero-order chi connectivity index (χ0) is 23.3. The van der Waals surface area contributed by atoms with Crippen LogP contribution in [0.15, 0.2) is 18.2 Å². The van der Waals surface area contributed by atoms with Crippen LogP contribution in [0.25, 0.3) is 0 Å². The molecular weight excluding hydrogens is 415 g/mol. The second-order valence-corrected chi connectivity index (χ2v) is 12.3. The van der Waals surface area contributed by atoms with Crippen LogP contribution in [0.4, 0.5) is 5.69 Å². The first-order valence-corrected chi connectivity index (χ1v) is 12.7. The molecule has 5 aliphatic rings. The van der Waals surface area contributed by atoms with E-state index in [1.165, 1.54) is 12.8 Å². The van der Waals surface area contributed by atoms with Gasteiger partial charge in [0, 0.05) is 29.9 Å². The number of nitrogens with zero attached hydrogens (tertiary/aromatic N) is 2. The molecule has 1 amide bonds. The minimum Gasteiger partial charge on any atom is -0.399 e. The van der Waals surface area contributed by atoms with Gasteiger partial charge in [0.15, 0.2) is 0 Å². The third kappa shape index (κ3) is 3.12. The average Bonchev–Trinajstić information content (AvgIpc) is 3.16. The first kappa shape index (κ1) is 22.1. The predicted octanol–water partition coefficient (Wildman–Crippen LogP) is 3.00. The highest BCUT2D eigenvalue weighted by atomic mass is 16.7. The van der Waals surface area contributed by atoms with E-state index in [2.05, 4.69) is 69.5 Å². The maximum atomic E-state index is 13.6. The summed E-state index contributed by atoms with van der Waals surface area (Å²) in [5.41, 5.74) is 1.87. The Hall–Kier alpha value is -1.41. The molecule has 2 atom stereocenters. The number of fused-ring (bicyclic) bond motifs is 3. The van der Waals surface area contributed by atoms with Crippen molar-refractivity contribution in [2.75, 3.05) is 18.1 Å². The summed E-state index contributed by atoms with van der Waals surface area (Å²) in [4.78, 5) is 18.4. The van der Waals surface area contributed by atoms with Crippen LogP contribution in [-0.2, 0) is 24.3 Å². The van der Waals surface area contributed by atoms with Gasteiger partial charge < -0.3 is 18.9 Å². The molecule has 0 N–H and O–H groups in total. The summed E-state index contributed by atoms with van der Waals surface area (Å²) in [6, 6.07) is 8.32. The molecule has 1 aliphatic carbocycles. The van der Waals surface area contributed by atoms with Gasteiger partial charge in [-0.3, -0.25) is 9.69 Å². The summed E-state index contributed by atoms with van der Waals surface area (Å²) in [5.74, 6) is 0.219. The fraction of sp³-hybridized carbons (Fsp3) is 0.731. The summed E-state index contributed by atoms with van der Waals surface area (Å²) in [7, 11) is -0.418. The molecule has 7 heteroatoms. The summed E-state index contributed by atoms with van der Waals surface area (Å²) < 4.78 is 18.4. The lowest BCUT2D eigenvalue weighted by Gasteiger charge is -2.50. The monoisotopic (exact) mass is 452 g/mol. The first-order chi connectivity index (χ1) is 15.5. The molecule has 4 heterocycles. The molecule has 2 bridgehead atoms. The molecule has 3 saturated heterocycles. The number of carbonyl (C=O) groups excluding carboxylic acids is 1. The minimum absolute atomic E-state index is 0.219. The van der Waals surface area contributed by atoms with E-state index >= 15 is 0 Å². The van der Waals surface area contributed by atoms with E-state index in [4.69, 9.17) is 14.0 Å². The van der Waals surface area contributed by atoms with E-state index < -0.39 is 12.5 Å². The van der Waals surface area contributed by atoms with Crippen molar-refractivity contribution in [3.8, 4) is 0 Å². The first-order valence-electron chi connectivity index (χ1n) is 12.7. The van der Waals surface area contributed by atoms with Gasteiger partial charge in [-0.25, -0.2) is 0 Å². The van der Waals surface area contributed by atoms with Crippen LogP contribution in [0.2, 0.25) is 0 Å². The van der Waals surface area contributed by atoms with Crippen LogP contribution in [0.5, 0.6) is 0 Å². The maximum Gasteiger partial charge on any atom is 0.494 e. The number of hydrogen-bond acceptors (Lipinski definition) is 5. The molecule has 1 aromatic carbocycles. The number of morpholine rings is 1. The quantitative estimate of drug-likeness (QED) is 0.661. The number of carbonyl (C=O) groups is 1. The molecule has 0 aromatic heterocycles. The third-order valence-electron chi connectivity index (χ3n) is 9.41. The smallest absolute Gasteiger partial charge is 0.399 e. The molecule has 6 nitrogen and oxygen atoms in total. The Kier molecular flexibility index (Phi) is 4.73. The fourth-order valence-corrected chi connectivity index (χ4v) is 6.56. The van der Waals surface area contributed by atoms with Crippen LogP contribution < -0.4 is 10.4 Å². The lowest BCUT2D eigenvalue weighted by molar-refractivity contribution is -0.123. The van der Waals surface area contributed by atoms with Gasteiger partial charge in [0.1, 0.15) is 0 Å². The van der Waals surface area contributed by atoms with Gasteiger partial charge in [0.2, 0.25) is 5.91 Å². The molecule has 0 radical (unpaired) electrons. The second kappa shape index (κ2) is 7.06. The number of amides is 1. The predicted molar refractivity (Wildman–Crippen MR) is 129 cm³/mol. The summed E-state index contributed by atoms with van der Waals surface area (Å²) in [6.07, 6.45) is 4.60. The number of rotatable bonds is 3. The van der Waals surface area contributed by atoms with Gasteiger partial charge in [-0.05, 0) is 84.3 Å². The normalized spacial score (nSPS) is 36.2. The summed E-state index contributed by atoms with van der Waals surface area (Å²) in [6.45, 7) is 14.2. The Bertz CT molecular complexity index is 955. The van der Waals surface area contributed by atoms with Crippen molar-refractivity contribution in [1.29, 1.82) is 0 Å². The van der Waals surface area contributed by atoms with E-state index in [0.717, 1.165) is 42.8 Å². The zero-order valence-corrected chi connectivity index (χ0v) is 20.9. The van der Waals surface area contributed by atoms with Crippen LogP contribution in [0.1, 0.15) is 72.8 Å². The van der Waals surface area contributed by atoms with Crippen molar-refractivity contribution in [2.24, 2.45) is 0 Å². The van der Waals surface area contributed by atoms with Crippen molar-refractivity contribution in [3.05, 3.63) is 23.8 Å². The standard InChI is InChI=1S/C26H37BN2O4/c1-24(2)21-10-7-16(27-32-25(3,4)26(5,6)33-27)11-22(21)29(23(24)30)20-12-19(13-20)28-17-8-9-18(28)15-31-14-17/h7,10-11,17-20H,8-9,12-15H2,1-6H3/t17?,18?,19-,20+. The van der Waals surface area contributed by atoms with E-state index in [-0.39, 0.29) is 23.2 Å². The van der Waals surface area contributed by atoms with E-state index in [9.17, 15) is 4.79 Å². The number of hydrogen-bond donors (Lipinski definition) is 0. The molecule has 4 fully saturated rings. The SMILES string of the molecule is CC1(C)C(=O)N([C@H]2C[C@@H](N3C4CCC3COC4)C2)c2cc(B3OC(C)(C)C(C)(C)O3)ccc21. The van der Waals surface area contributed by atoms with Crippen molar-refractivity contribution in [3.63, 3.8) is 0 Å². The van der Waals surface area contributed by atoms with Gasteiger partial charge in [-0.15, -0.1) is 0 Å². The Morgan fingerprint density at radius 1 is 0.879 bits per heavy atom. The van der Waals surface area contributed by atoms with E-state index in [1.807, 2.05) is 0 Å². The van der Waals surface area contributed by atoms with Crippen LogP contribution in [0.3, 0.4) is 0 Å². The van der Waals surface area contributed by atoms with Crippen molar-refractivity contribution < 1.29 is 18.8 Å². The van der Waals surface area contributed by atoms with Crippen molar-refractivity contribution >= 4 is 24.2 Å². The highest BCUT2D eigenvalue weighted by Gasteiger charge is 2.55. The molecule has 178 valence electrons. The Balaban J connectivity index is 1.26. The van der Waals surface area contributed by atoms with E-state index in [1.54, 1.807) is 0 Å². The topological polar surface area (TPSA) is 51.2 Å². The molecule has 2 unspecified atom stereocenters. The van der Waals surface area contributed by atoms with Gasteiger partial charge in [0.25, 0.3) is 0 Å². The van der Waals surface area contributed by atoms with Gasteiger partial charge in [0.05, 0.1) is 29.8 Å². The minimum atomic E-state index is -0.507. The average molecular weight is 452 g/mol. The molecular formula is C26H37BN2O4. The second-order valence-electron chi connectivity index (χ2n) is 12.3.